The molecule has 0 radical (unpaired) electrons. The summed E-state index contributed by atoms with van der Waals surface area (Å²) in [6, 6.07) is 7.18. The lowest BCUT2D eigenvalue weighted by Gasteiger charge is -2.13. The number of hydrogen-bond donors (Lipinski definition) is 2. The van der Waals surface area contributed by atoms with Crippen molar-refractivity contribution in [2.75, 3.05) is 7.05 Å². The van der Waals surface area contributed by atoms with E-state index in [1.165, 1.54) is 7.05 Å². The van der Waals surface area contributed by atoms with Gasteiger partial charge in [-0.25, -0.2) is 5.84 Å². The third-order valence-corrected chi connectivity index (χ3v) is 2.70. The van der Waals surface area contributed by atoms with Crippen molar-refractivity contribution in [3.05, 3.63) is 36.1 Å². The van der Waals surface area contributed by atoms with Crippen molar-refractivity contribution < 1.29 is 9.21 Å². The molecule has 2 aromatic rings. The summed E-state index contributed by atoms with van der Waals surface area (Å²) in [5.74, 6) is 5.15. The Labute approximate surface area is 98.9 Å². The third-order valence-electron chi connectivity index (χ3n) is 2.70. The second-order valence-corrected chi connectivity index (χ2v) is 4.00. The van der Waals surface area contributed by atoms with Crippen molar-refractivity contribution >= 4 is 16.9 Å². The molecule has 0 fully saturated rings. The standard InChI is InChI=1S/C12H15N3O2/c1-15(14)12(16)6-10(13)9-7-17-11-5-3-2-4-8(9)11/h2-5,7,10H,6,13-14H2,1H3. The molecule has 0 bridgehead atoms. The topological polar surface area (TPSA) is 85.5 Å². The lowest BCUT2D eigenvalue weighted by molar-refractivity contribution is -0.130. The molecule has 1 aromatic carbocycles. The summed E-state index contributed by atoms with van der Waals surface area (Å²) in [5, 5.41) is 1.98. The first-order chi connectivity index (χ1) is 8.09. The maximum absolute atomic E-state index is 11.5. The van der Waals surface area contributed by atoms with E-state index in [1.54, 1.807) is 6.26 Å². The molecule has 5 heteroatoms. The minimum atomic E-state index is -0.405. The second-order valence-electron chi connectivity index (χ2n) is 4.00. The number of furan rings is 1. The zero-order valence-corrected chi connectivity index (χ0v) is 9.59. The average molecular weight is 233 g/mol. The fraction of sp³-hybridized carbons (Fsp3) is 0.250. The molecule has 2 rings (SSSR count). The molecule has 1 heterocycles. The number of nitrogens with zero attached hydrogens (tertiary/aromatic N) is 1. The summed E-state index contributed by atoms with van der Waals surface area (Å²) >= 11 is 0. The molecule has 4 N–H and O–H groups in total. The van der Waals surface area contributed by atoms with Gasteiger partial charge < -0.3 is 10.2 Å². The third kappa shape index (κ3) is 2.30. The Morgan fingerprint density at radius 3 is 2.88 bits per heavy atom. The number of benzene rings is 1. The molecule has 0 aliphatic heterocycles. The molecule has 0 saturated heterocycles. The van der Waals surface area contributed by atoms with Gasteiger partial charge >= 0.3 is 0 Å². The lowest BCUT2D eigenvalue weighted by atomic mass is 10.0. The molecule has 90 valence electrons. The van der Waals surface area contributed by atoms with Gasteiger partial charge in [0.05, 0.1) is 6.26 Å². The van der Waals surface area contributed by atoms with Crippen molar-refractivity contribution in [2.45, 2.75) is 12.5 Å². The highest BCUT2D eigenvalue weighted by Gasteiger charge is 2.17. The van der Waals surface area contributed by atoms with Gasteiger partial charge in [-0.05, 0) is 6.07 Å². The summed E-state index contributed by atoms with van der Waals surface area (Å²) in [5.41, 5.74) is 7.58. The van der Waals surface area contributed by atoms with Crippen LogP contribution in [-0.4, -0.2) is 18.0 Å². The highest BCUT2D eigenvalue weighted by atomic mass is 16.3. The van der Waals surface area contributed by atoms with Gasteiger partial charge in [-0.3, -0.25) is 9.80 Å². The molecular formula is C12H15N3O2. The quantitative estimate of drug-likeness (QED) is 0.473. The van der Waals surface area contributed by atoms with Crippen LogP contribution in [-0.2, 0) is 4.79 Å². The van der Waals surface area contributed by atoms with E-state index in [2.05, 4.69) is 0 Å². The van der Waals surface area contributed by atoms with Crippen molar-refractivity contribution in [2.24, 2.45) is 11.6 Å². The molecule has 1 amide bonds. The Hall–Kier alpha value is -1.85. The van der Waals surface area contributed by atoms with Crippen molar-refractivity contribution in [3.63, 3.8) is 0 Å². The Bertz CT molecular complexity index is 533. The predicted molar refractivity (Wildman–Crippen MR) is 64.7 cm³/mol. The first-order valence-corrected chi connectivity index (χ1v) is 5.32. The number of nitrogens with two attached hydrogens (primary N) is 2. The monoisotopic (exact) mass is 233 g/mol. The molecule has 0 spiro atoms. The molecule has 0 aliphatic rings. The molecule has 0 saturated carbocycles. The molecular weight excluding hydrogens is 218 g/mol. The molecule has 1 aromatic heterocycles. The van der Waals surface area contributed by atoms with E-state index in [9.17, 15) is 4.79 Å². The van der Waals surface area contributed by atoms with Crippen LogP contribution in [0.5, 0.6) is 0 Å². The lowest BCUT2D eigenvalue weighted by Crippen LogP contribution is -2.35. The van der Waals surface area contributed by atoms with E-state index in [0.29, 0.717) is 0 Å². The van der Waals surface area contributed by atoms with E-state index >= 15 is 0 Å². The van der Waals surface area contributed by atoms with Crippen LogP contribution in [0.3, 0.4) is 0 Å². The SMILES string of the molecule is CN(N)C(=O)CC(N)c1coc2ccccc12. The predicted octanol–water partition coefficient (Wildman–Crippen LogP) is 1.15. The Morgan fingerprint density at radius 1 is 1.47 bits per heavy atom. The van der Waals surface area contributed by atoms with Gasteiger partial charge in [0.15, 0.2) is 0 Å². The number of hydrazine groups is 1. The molecule has 1 atom stereocenters. The van der Waals surface area contributed by atoms with Gasteiger partial charge in [0.25, 0.3) is 0 Å². The van der Waals surface area contributed by atoms with Crippen LogP contribution in [0, 0.1) is 0 Å². The van der Waals surface area contributed by atoms with Crippen LogP contribution in [0.15, 0.2) is 34.9 Å². The number of carbonyl (C=O) groups excluding carboxylic acids is 1. The summed E-state index contributed by atoms with van der Waals surface area (Å²) in [4.78, 5) is 11.5. The van der Waals surface area contributed by atoms with Crippen LogP contribution >= 0.6 is 0 Å². The molecule has 17 heavy (non-hydrogen) atoms. The van der Waals surface area contributed by atoms with E-state index in [4.69, 9.17) is 16.0 Å². The van der Waals surface area contributed by atoms with Crippen LogP contribution in [0.25, 0.3) is 11.0 Å². The zero-order chi connectivity index (χ0) is 12.4. The van der Waals surface area contributed by atoms with Gasteiger partial charge in [-0.2, -0.15) is 0 Å². The highest BCUT2D eigenvalue weighted by molar-refractivity contribution is 5.83. The van der Waals surface area contributed by atoms with E-state index < -0.39 is 6.04 Å². The number of carbonyl (C=O) groups is 1. The minimum absolute atomic E-state index is 0.163. The van der Waals surface area contributed by atoms with Crippen LogP contribution < -0.4 is 11.6 Å². The maximum Gasteiger partial charge on any atom is 0.238 e. The Morgan fingerprint density at radius 2 is 2.18 bits per heavy atom. The summed E-state index contributed by atoms with van der Waals surface area (Å²) in [6.07, 6.45) is 1.76. The van der Waals surface area contributed by atoms with Crippen molar-refractivity contribution in [1.29, 1.82) is 0 Å². The molecule has 5 nitrogen and oxygen atoms in total. The van der Waals surface area contributed by atoms with E-state index in [1.807, 2.05) is 24.3 Å². The fourth-order valence-electron chi connectivity index (χ4n) is 1.73. The van der Waals surface area contributed by atoms with Gasteiger partial charge in [0.2, 0.25) is 5.91 Å². The largest absolute Gasteiger partial charge is 0.464 e. The van der Waals surface area contributed by atoms with Gasteiger partial charge in [0.1, 0.15) is 5.58 Å². The summed E-state index contributed by atoms with van der Waals surface area (Å²) in [6.45, 7) is 0. The Kier molecular flexibility index (Phi) is 3.12. The minimum Gasteiger partial charge on any atom is -0.464 e. The van der Waals surface area contributed by atoms with Crippen molar-refractivity contribution in [1.82, 2.24) is 5.01 Å². The fourth-order valence-corrected chi connectivity index (χ4v) is 1.73. The number of para-hydroxylation sites is 1. The smallest absolute Gasteiger partial charge is 0.238 e. The van der Waals surface area contributed by atoms with Crippen molar-refractivity contribution in [3.8, 4) is 0 Å². The van der Waals surface area contributed by atoms with E-state index in [-0.39, 0.29) is 12.3 Å². The zero-order valence-electron chi connectivity index (χ0n) is 9.59. The van der Waals surface area contributed by atoms with Crippen LogP contribution in [0.2, 0.25) is 0 Å². The number of hydrogen-bond acceptors (Lipinski definition) is 4. The van der Waals surface area contributed by atoms with Gasteiger partial charge in [-0.15, -0.1) is 0 Å². The normalized spacial score (nSPS) is 12.6. The average Bonchev–Trinajstić information content (AvgIpc) is 2.72. The number of amides is 1. The maximum atomic E-state index is 11.5. The highest BCUT2D eigenvalue weighted by Crippen LogP contribution is 2.26. The molecule has 0 aliphatic carbocycles. The summed E-state index contributed by atoms with van der Waals surface area (Å²) < 4.78 is 5.38. The Balaban J connectivity index is 2.25. The number of fused-ring (bicyclic) bond motifs is 1. The van der Waals surface area contributed by atoms with E-state index in [0.717, 1.165) is 21.5 Å². The van der Waals surface area contributed by atoms with Crippen LogP contribution in [0.1, 0.15) is 18.0 Å². The first kappa shape index (κ1) is 11.6. The first-order valence-electron chi connectivity index (χ1n) is 5.32. The van der Waals surface area contributed by atoms with Gasteiger partial charge in [0, 0.05) is 30.5 Å². The molecule has 1 unspecified atom stereocenters. The number of rotatable bonds is 3. The van der Waals surface area contributed by atoms with Gasteiger partial charge in [-0.1, -0.05) is 18.2 Å². The second kappa shape index (κ2) is 4.57. The summed E-state index contributed by atoms with van der Waals surface area (Å²) in [7, 11) is 1.50. The van der Waals surface area contributed by atoms with Crippen LogP contribution in [0.4, 0.5) is 0 Å².